The van der Waals surface area contributed by atoms with Crippen LogP contribution in [0.1, 0.15) is 25.7 Å². The topological polar surface area (TPSA) is 80.0 Å². The Morgan fingerprint density at radius 1 is 1.14 bits per heavy atom. The molecule has 28 heavy (non-hydrogen) atoms. The minimum Gasteiger partial charge on any atom is -0.507 e. The number of halogens is 1. The molecule has 2 heterocycles. The van der Waals surface area contributed by atoms with Crippen LogP contribution in [0.5, 0.6) is 5.75 Å². The summed E-state index contributed by atoms with van der Waals surface area (Å²) in [5.74, 6) is 0.486. The van der Waals surface area contributed by atoms with E-state index in [4.69, 9.17) is 0 Å². The lowest BCUT2D eigenvalue weighted by molar-refractivity contribution is 0.212. The predicted octanol–water partition coefficient (Wildman–Crippen LogP) is 3.36. The third-order valence-electron chi connectivity index (χ3n) is 5.32. The van der Waals surface area contributed by atoms with Crippen LogP contribution in [0.15, 0.2) is 36.8 Å². The molecule has 0 unspecified atom stereocenters. The Morgan fingerprint density at radius 2 is 1.96 bits per heavy atom. The SMILES string of the molecule is CN(c1ncc(-c2ccc(-c3cnn(C)c3)cc2O)nn1)[C@H]1CCCC[C@H]1F. The molecule has 146 valence electrons. The average molecular weight is 382 g/mol. The first-order chi connectivity index (χ1) is 13.5. The molecule has 1 N–H and O–H groups in total. The Bertz CT molecular complexity index is 958. The van der Waals surface area contributed by atoms with Crippen molar-refractivity contribution in [2.45, 2.75) is 37.9 Å². The molecule has 0 spiro atoms. The second kappa shape index (κ2) is 7.53. The van der Waals surface area contributed by atoms with Crippen LogP contribution in [-0.4, -0.2) is 49.3 Å². The number of alkyl halides is 1. The number of nitrogens with zero attached hydrogens (tertiary/aromatic N) is 6. The van der Waals surface area contributed by atoms with E-state index in [0.717, 1.165) is 30.4 Å². The van der Waals surface area contributed by atoms with Crippen molar-refractivity contribution in [2.75, 3.05) is 11.9 Å². The molecule has 0 aliphatic heterocycles. The van der Waals surface area contributed by atoms with Crippen molar-refractivity contribution < 1.29 is 9.50 Å². The molecule has 3 aromatic rings. The molecule has 1 aromatic carbocycles. The first-order valence-electron chi connectivity index (χ1n) is 9.42. The summed E-state index contributed by atoms with van der Waals surface area (Å²) in [6.45, 7) is 0. The van der Waals surface area contributed by atoms with E-state index in [1.54, 1.807) is 41.2 Å². The van der Waals surface area contributed by atoms with Crippen LogP contribution in [-0.2, 0) is 7.05 Å². The van der Waals surface area contributed by atoms with Gasteiger partial charge in [0.05, 0.1) is 18.4 Å². The molecule has 0 amide bonds. The molecule has 2 atom stereocenters. The normalized spacial score (nSPS) is 19.5. The van der Waals surface area contributed by atoms with E-state index in [1.807, 2.05) is 19.3 Å². The number of benzene rings is 1. The van der Waals surface area contributed by atoms with Gasteiger partial charge in [-0.2, -0.15) is 5.10 Å². The van der Waals surface area contributed by atoms with Gasteiger partial charge in [-0.15, -0.1) is 10.2 Å². The van der Waals surface area contributed by atoms with E-state index < -0.39 is 6.17 Å². The molecule has 0 saturated heterocycles. The Morgan fingerprint density at radius 3 is 2.61 bits per heavy atom. The summed E-state index contributed by atoms with van der Waals surface area (Å²) < 4.78 is 15.9. The molecule has 0 radical (unpaired) electrons. The monoisotopic (exact) mass is 382 g/mol. The van der Waals surface area contributed by atoms with E-state index in [-0.39, 0.29) is 11.8 Å². The standard InChI is InChI=1S/C20H23FN6O/c1-26-12-14(10-23-26)13-7-8-15(19(28)9-13)17-11-22-20(25-24-17)27(2)18-6-4-3-5-16(18)21/h7-12,16,18,28H,3-6H2,1-2H3/t16-,18+/m1/s1. The molecule has 1 aliphatic rings. The Hall–Kier alpha value is -3.03. The van der Waals surface area contributed by atoms with Gasteiger partial charge in [-0.1, -0.05) is 18.9 Å². The Kier molecular flexibility index (Phi) is 4.93. The number of hydrogen-bond acceptors (Lipinski definition) is 6. The van der Waals surface area contributed by atoms with Crippen LogP contribution in [0.4, 0.5) is 10.3 Å². The summed E-state index contributed by atoms with van der Waals surface area (Å²) in [5, 5.41) is 23.0. The zero-order valence-electron chi connectivity index (χ0n) is 16.0. The molecule has 4 rings (SSSR count). The van der Waals surface area contributed by atoms with Gasteiger partial charge in [-0.3, -0.25) is 4.68 Å². The second-order valence-corrected chi connectivity index (χ2v) is 7.26. The quantitative estimate of drug-likeness (QED) is 0.745. The van der Waals surface area contributed by atoms with Crippen molar-refractivity contribution in [3.05, 3.63) is 36.8 Å². The van der Waals surface area contributed by atoms with Crippen LogP contribution in [0.25, 0.3) is 22.4 Å². The second-order valence-electron chi connectivity index (χ2n) is 7.26. The molecule has 1 fully saturated rings. The number of anilines is 1. The lowest BCUT2D eigenvalue weighted by atomic mass is 9.93. The van der Waals surface area contributed by atoms with Crippen LogP contribution >= 0.6 is 0 Å². The number of aromatic hydroxyl groups is 1. The van der Waals surface area contributed by atoms with Gasteiger partial charge in [0.15, 0.2) is 0 Å². The highest BCUT2D eigenvalue weighted by molar-refractivity contribution is 5.73. The van der Waals surface area contributed by atoms with Gasteiger partial charge in [0.25, 0.3) is 0 Å². The van der Waals surface area contributed by atoms with Crippen LogP contribution in [0.3, 0.4) is 0 Å². The molecule has 0 bridgehead atoms. The number of rotatable bonds is 4. The van der Waals surface area contributed by atoms with Crippen molar-refractivity contribution in [1.29, 1.82) is 0 Å². The number of aromatic nitrogens is 5. The van der Waals surface area contributed by atoms with E-state index in [1.165, 1.54) is 0 Å². The molecule has 1 saturated carbocycles. The third kappa shape index (κ3) is 3.54. The van der Waals surface area contributed by atoms with Gasteiger partial charge in [0.2, 0.25) is 5.95 Å². The van der Waals surface area contributed by atoms with Gasteiger partial charge >= 0.3 is 0 Å². The maximum absolute atomic E-state index is 14.2. The van der Waals surface area contributed by atoms with Gasteiger partial charge < -0.3 is 10.0 Å². The molecule has 1 aliphatic carbocycles. The maximum atomic E-state index is 14.2. The largest absolute Gasteiger partial charge is 0.507 e. The summed E-state index contributed by atoms with van der Waals surface area (Å²) in [6, 6.07) is 5.13. The Labute approximate surface area is 162 Å². The molecular formula is C20H23FN6O. The van der Waals surface area contributed by atoms with Gasteiger partial charge in [-0.25, -0.2) is 9.37 Å². The minimum atomic E-state index is -0.869. The van der Waals surface area contributed by atoms with Crippen molar-refractivity contribution in [2.24, 2.45) is 7.05 Å². The van der Waals surface area contributed by atoms with Gasteiger partial charge in [0, 0.05) is 31.4 Å². The van der Waals surface area contributed by atoms with Crippen LogP contribution in [0, 0.1) is 0 Å². The van der Waals surface area contributed by atoms with E-state index >= 15 is 0 Å². The first kappa shape index (κ1) is 18.3. The fraction of sp³-hybridized carbons (Fsp3) is 0.400. The molecule has 8 heteroatoms. The van der Waals surface area contributed by atoms with Crippen molar-refractivity contribution in [3.63, 3.8) is 0 Å². The zero-order chi connectivity index (χ0) is 19.7. The van der Waals surface area contributed by atoms with Gasteiger partial charge in [0.1, 0.15) is 17.6 Å². The lowest BCUT2D eigenvalue weighted by Crippen LogP contribution is -2.42. The fourth-order valence-corrected chi connectivity index (χ4v) is 3.70. The van der Waals surface area contributed by atoms with E-state index in [9.17, 15) is 9.50 Å². The minimum absolute atomic E-state index is 0.0923. The molecule has 7 nitrogen and oxygen atoms in total. The van der Waals surface area contributed by atoms with E-state index in [2.05, 4.69) is 20.3 Å². The summed E-state index contributed by atoms with van der Waals surface area (Å²) in [5.41, 5.74) is 2.78. The number of phenols is 1. The van der Waals surface area contributed by atoms with Crippen LogP contribution < -0.4 is 4.90 Å². The number of phenolic OH excluding ortho intramolecular Hbond substituents is 1. The maximum Gasteiger partial charge on any atom is 0.245 e. The average Bonchev–Trinajstić information content (AvgIpc) is 3.14. The highest BCUT2D eigenvalue weighted by atomic mass is 19.1. The number of hydrogen-bond donors (Lipinski definition) is 1. The summed E-state index contributed by atoms with van der Waals surface area (Å²) in [7, 11) is 3.65. The smallest absolute Gasteiger partial charge is 0.245 e. The lowest BCUT2D eigenvalue weighted by Gasteiger charge is -2.33. The highest BCUT2D eigenvalue weighted by Crippen LogP contribution is 2.32. The first-order valence-corrected chi connectivity index (χ1v) is 9.42. The van der Waals surface area contributed by atoms with Crippen molar-refractivity contribution in [1.82, 2.24) is 25.0 Å². The highest BCUT2D eigenvalue weighted by Gasteiger charge is 2.29. The van der Waals surface area contributed by atoms with Crippen LogP contribution in [0.2, 0.25) is 0 Å². The molecule has 2 aromatic heterocycles. The fourth-order valence-electron chi connectivity index (χ4n) is 3.70. The summed E-state index contributed by atoms with van der Waals surface area (Å²) in [6.07, 6.45) is 7.63. The number of aryl methyl sites for hydroxylation is 1. The van der Waals surface area contributed by atoms with Crippen molar-refractivity contribution in [3.8, 4) is 28.1 Å². The van der Waals surface area contributed by atoms with Crippen molar-refractivity contribution >= 4 is 5.95 Å². The third-order valence-corrected chi connectivity index (χ3v) is 5.32. The Balaban J connectivity index is 1.55. The zero-order valence-corrected chi connectivity index (χ0v) is 16.0. The predicted molar refractivity (Wildman–Crippen MR) is 105 cm³/mol. The summed E-state index contributed by atoms with van der Waals surface area (Å²) in [4.78, 5) is 6.12. The van der Waals surface area contributed by atoms with Gasteiger partial charge in [-0.05, 0) is 30.5 Å². The van der Waals surface area contributed by atoms with E-state index in [0.29, 0.717) is 23.6 Å². The summed E-state index contributed by atoms with van der Waals surface area (Å²) >= 11 is 0. The molecular weight excluding hydrogens is 359 g/mol.